The van der Waals surface area contributed by atoms with E-state index in [0.29, 0.717) is 0 Å². The number of hydrogen-bond acceptors (Lipinski definition) is 8. The highest BCUT2D eigenvalue weighted by molar-refractivity contribution is 7.87. The van der Waals surface area contributed by atoms with Crippen molar-refractivity contribution in [3.05, 3.63) is 0 Å². The quantitative estimate of drug-likeness (QED) is 0.259. The summed E-state index contributed by atoms with van der Waals surface area (Å²) in [5.41, 5.74) is -5.72. The number of carbonyl (C=O) groups excluding carboxylic acids is 2. The molecule has 0 aliphatic carbocycles. The highest BCUT2D eigenvalue weighted by Crippen LogP contribution is 2.48. The first-order chi connectivity index (χ1) is 8.58. The molecule has 0 radical (unpaired) electrons. The Morgan fingerprint density at radius 1 is 1.05 bits per heavy atom. The number of carbonyl (C=O) groups is 2. The molecule has 0 amide bonds. The Morgan fingerprint density at radius 2 is 1.47 bits per heavy atom. The molecule has 0 bridgehead atoms. The maximum absolute atomic E-state index is 11.9. The normalized spacial score (nSPS) is 13.2. The number of rotatable bonds is 9. The molecular formula is C6H8F3O8PS. The highest BCUT2D eigenvalue weighted by atomic mass is 32.2. The van der Waals surface area contributed by atoms with Crippen LogP contribution in [-0.2, 0) is 37.5 Å². The van der Waals surface area contributed by atoms with E-state index in [1.807, 2.05) is 0 Å². The van der Waals surface area contributed by atoms with Gasteiger partial charge < -0.3 is 9.59 Å². The minimum Gasteiger partial charge on any atom is -0.301 e. The van der Waals surface area contributed by atoms with Gasteiger partial charge in [0, 0.05) is 0 Å². The molecule has 0 fully saturated rings. The molecule has 0 atom stereocenters. The summed E-state index contributed by atoms with van der Waals surface area (Å²) < 4.78 is 80.3. The van der Waals surface area contributed by atoms with Gasteiger partial charge in [0.1, 0.15) is 25.8 Å². The smallest absolute Gasteiger partial charge is 0.301 e. The fourth-order valence-electron chi connectivity index (χ4n) is 0.601. The van der Waals surface area contributed by atoms with Crippen LogP contribution in [0.1, 0.15) is 0 Å². The van der Waals surface area contributed by atoms with Crippen LogP contribution in [0.3, 0.4) is 0 Å². The molecule has 0 heterocycles. The average Bonchev–Trinajstić information content (AvgIpc) is 2.30. The van der Waals surface area contributed by atoms with Crippen molar-refractivity contribution in [1.82, 2.24) is 0 Å². The van der Waals surface area contributed by atoms with Gasteiger partial charge in [-0.2, -0.15) is 21.6 Å². The predicted octanol–water partition coefficient (Wildman–Crippen LogP) is 0.434. The Hall–Kier alpha value is -0.810. The van der Waals surface area contributed by atoms with Crippen molar-refractivity contribution in [2.45, 2.75) is 5.51 Å². The molecular weight excluding hydrogens is 320 g/mol. The summed E-state index contributed by atoms with van der Waals surface area (Å²) in [6.07, 6.45) is -1.43. The Balaban J connectivity index is 4.80. The third kappa shape index (κ3) is 6.25. The standard InChI is InChI=1S/C6H8F3O8PS/c7-6(8,9)19(13,14)17-5-18(12,15-3-1-10)16-4-2-11/h1-2H,3-5H2. The van der Waals surface area contributed by atoms with Crippen LogP contribution in [0, 0.1) is 0 Å². The molecule has 13 heteroatoms. The second-order valence-corrected chi connectivity index (χ2v) is 6.29. The fourth-order valence-corrected chi connectivity index (χ4v) is 2.61. The van der Waals surface area contributed by atoms with Crippen molar-refractivity contribution >= 4 is 30.3 Å². The van der Waals surface area contributed by atoms with E-state index < -0.39 is 42.8 Å². The number of halogens is 3. The van der Waals surface area contributed by atoms with Crippen LogP contribution in [-0.4, -0.2) is 46.1 Å². The molecule has 0 saturated carbocycles. The molecule has 0 N–H and O–H groups in total. The van der Waals surface area contributed by atoms with E-state index in [4.69, 9.17) is 0 Å². The Kier molecular flexibility index (Phi) is 6.80. The average molecular weight is 328 g/mol. The van der Waals surface area contributed by atoms with E-state index in [0.717, 1.165) is 0 Å². The maximum Gasteiger partial charge on any atom is 0.523 e. The van der Waals surface area contributed by atoms with Gasteiger partial charge in [-0.3, -0.25) is 17.8 Å². The third-order valence-electron chi connectivity index (χ3n) is 1.33. The van der Waals surface area contributed by atoms with E-state index in [1.165, 1.54) is 0 Å². The summed E-state index contributed by atoms with van der Waals surface area (Å²) in [5, 5.41) is 0. The second kappa shape index (κ2) is 7.10. The van der Waals surface area contributed by atoms with Gasteiger partial charge in [0.15, 0.2) is 6.35 Å². The monoisotopic (exact) mass is 328 g/mol. The zero-order valence-electron chi connectivity index (χ0n) is 9.03. The molecule has 0 spiro atoms. The van der Waals surface area contributed by atoms with Crippen molar-refractivity contribution in [3.8, 4) is 0 Å². The summed E-state index contributed by atoms with van der Waals surface area (Å²) in [6.45, 7) is -1.68. The molecule has 0 aromatic carbocycles. The molecule has 19 heavy (non-hydrogen) atoms. The van der Waals surface area contributed by atoms with Gasteiger partial charge in [0.25, 0.3) is 0 Å². The molecule has 112 valence electrons. The molecule has 0 unspecified atom stereocenters. The molecule has 0 aromatic rings. The van der Waals surface area contributed by atoms with Crippen molar-refractivity contribution in [2.75, 3.05) is 19.6 Å². The summed E-state index contributed by atoms with van der Waals surface area (Å²) in [6, 6.07) is 0. The zero-order chi connectivity index (χ0) is 15.2. The minimum atomic E-state index is -5.99. The van der Waals surface area contributed by atoms with Crippen LogP contribution >= 0.6 is 7.60 Å². The predicted molar refractivity (Wildman–Crippen MR) is 52.6 cm³/mol. The molecule has 0 aromatic heterocycles. The van der Waals surface area contributed by atoms with Crippen LogP contribution in [0.15, 0.2) is 0 Å². The van der Waals surface area contributed by atoms with E-state index in [2.05, 4.69) is 13.2 Å². The van der Waals surface area contributed by atoms with Crippen molar-refractivity contribution in [2.24, 2.45) is 0 Å². The van der Waals surface area contributed by atoms with Gasteiger partial charge >= 0.3 is 23.2 Å². The maximum atomic E-state index is 11.9. The van der Waals surface area contributed by atoms with Crippen LogP contribution in [0.25, 0.3) is 0 Å². The van der Waals surface area contributed by atoms with E-state index in [-0.39, 0.29) is 12.6 Å². The Morgan fingerprint density at radius 3 is 1.79 bits per heavy atom. The van der Waals surface area contributed by atoms with Gasteiger partial charge in [-0.1, -0.05) is 0 Å². The first-order valence-corrected chi connectivity index (χ1v) is 7.43. The first-order valence-electron chi connectivity index (χ1n) is 4.29. The number of aldehydes is 2. The summed E-state index contributed by atoms with van der Waals surface area (Å²) in [7, 11) is -10.5. The SMILES string of the molecule is O=CCOP(=O)(COS(=O)(=O)C(F)(F)F)OCC=O. The highest BCUT2D eigenvalue weighted by Gasteiger charge is 2.48. The fraction of sp³-hybridized carbons (Fsp3) is 0.667. The van der Waals surface area contributed by atoms with E-state index >= 15 is 0 Å². The van der Waals surface area contributed by atoms with Crippen LogP contribution in [0.5, 0.6) is 0 Å². The van der Waals surface area contributed by atoms with Gasteiger partial charge in [-0.25, -0.2) is 0 Å². The second-order valence-electron chi connectivity index (χ2n) is 2.68. The molecule has 0 aliphatic rings. The van der Waals surface area contributed by atoms with Crippen LogP contribution < -0.4 is 0 Å². The summed E-state index contributed by atoms with van der Waals surface area (Å²) in [5.74, 6) is 0. The summed E-state index contributed by atoms with van der Waals surface area (Å²) >= 11 is 0. The van der Waals surface area contributed by atoms with Crippen LogP contribution in [0.4, 0.5) is 13.2 Å². The largest absolute Gasteiger partial charge is 0.523 e. The van der Waals surface area contributed by atoms with Crippen molar-refractivity contribution < 1.29 is 49.0 Å². The van der Waals surface area contributed by atoms with Crippen LogP contribution in [0.2, 0.25) is 0 Å². The third-order valence-corrected chi connectivity index (χ3v) is 4.03. The van der Waals surface area contributed by atoms with E-state index in [9.17, 15) is 35.7 Å². The Labute approximate surface area is 105 Å². The van der Waals surface area contributed by atoms with Gasteiger partial charge in [-0.15, -0.1) is 0 Å². The van der Waals surface area contributed by atoms with Crippen molar-refractivity contribution in [3.63, 3.8) is 0 Å². The Bertz CT molecular complexity index is 442. The number of hydrogen-bond donors (Lipinski definition) is 0. The lowest BCUT2D eigenvalue weighted by Gasteiger charge is -2.16. The lowest BCUT2D eigenvalue weighted by molar-refractivity contribution is -0.110. The lowest BCUT2D eigenvalue weighted by atomic mass is 10.9. The van der Waals surface area contributed by atoms with Gasteiger partial charge in [0.2, 0.25) is 0 Å². The zero-order valence-corrected chi connectivity index (χ0v) is 10.7. The first kappa shape index (κ1) is 18.2. The molecule has 0 aliphatic heterocycles. The molecule has 8 nitrogen and oxygen atoms in total. The topological polar surface area (TPSA) is 113 Å². The van der Waals surface area contributed by atoms with E-state index in [1.54, 1.807) is 0 Å². The van der Waals surface area contributed by atoms with Gasteiger partial charge in [0.05, 0.1) is 0 Å². The lowest BCUT2D eigenvalue weighted by Crippen LogP contribution is -2.26. The molecule has 0 rings (SSSR count). The van der Waals surface area contributed by atoms with Gasteiger partial charge in [-0.05, 0) is 0 Å². The molecule has 0 saturated heterocycles. The summed E-state index contributed by atoms with van der Waals surface area (Å²) in [4.78, 5) is 20.0. The van der Waals surface area contributed by atoms with Crippen molar-refractivity contribution in [1.29, 1.82) is 0 Å². The minimum absolute atomic E-state index is 0.0924. The number of alkyl halides is 3.